The number of carbonyl (C=O) groups excluding carboxylic acids is 1. The van der Waals surface area contributed by atoms with Crippen molar-refractivity contribution in [2.75, 3.05) is 7.05 Å². The van der Waals surface area contributed by atoms with Crippen molar-refractivity contribution in [3.05, 3.63) is 22.4 Å². The lowest BCUT2D eigenvalue weighted by molar-refractivity contribution is -0.139. The van der Waals surface area contributed by atoms with E-state index in [4.69, 9.17) is 5.73 Å². The van der Waals surface area contributed by atoms with E-state index in [-0.39, 0.29) is 5.91 Å². The minimum atomic E-state index is -0.565. The first-order valence-corrected chi connectivity index (χ1v) is 6.12. The van der Waals surface area contributed by atoms with E-state index in [2.05, 4.69) is 5.38 Å². The minimum absolute atomic E-state index is 0.0833. The third-order valence-corrected chi connectivity index (χ3v) is 3.75. The molecule has 15 heavy (non-hydrogen) atoms. The van der Waals surface area contributed by atoms with Gasteiger partial charge in [-0.25, -0.2) is 0 Å². The lowest BCUT2D eigenvalue weighted by Crippen LogP contribution is -2.58. The fraction of sp³-hybridized carbons (Fsp3) is 0.545. The van der Waals surface area contributed by atoms with Gasteiger partial charge in [-0.1, -0.05) is 0 Å². The first kappa shape index (κ1) is 10.6. The van der Waals surface area contributed by atoms with Crippen LogP contribution in [0.4, 0.5) is 0 Å². The van der Waals surface area contributed by atoms with Gasteiger partial charge in [-0.05, 0) is 41.7 Å². The number of hydrogen-bond acceptors (Lipinski definition) is 3. The van der Waals surface area contributed by atoms with E-state index in [1.54, 1.807) is 16.2 Å². The van der Waals surface area contributed by atoms with Crippen LogP contribution in [0.2, 0.25) is 0 Å². The molecule has 0 radical (unpaired) electrons. The van der Waals surface area contributed by atoms with Gasteiger partial charge in [-0.2, -0.15) is 11.3 Å². The maximum Gasteiger partial charge on any atom is 0.242 e. The normalized spacial score (nSPS) is 18.3. The Morgan fingerprint density at radius 2 is 2.40 bits per heavy atom. The van der Waals surface area contributed by atoms with Crippen LogP contribution in [0.3, 0.4) is 0 Å². The van der Waals surface area contributed by atoms with Crippen LogP contribution >= 0.6 is 11.3 Å². The van der Waals surface area contributed by atoms with Crippen molar-refractivity contribution in [1.82, 2.24) is 4.90 Å². The highest BCUT2D eigenvalue weighted by atomic mass is 32.1. The summed E-state index contributed by atoms with van der Waals surface area (Å²) in [6, 6.07) is 2.04. The van der Waals surface area contributed by atoms with Crippen molar-refractivity contribution in [1.29, 1.82) is 0 Å². The van der Waals surface area contributed by atoms with E-state index in [0.717, 1.165) is 19.3 Å². The number of nitrogens with two attached hydrogens (primary N) is 1. The molecular formula is C11H16N2OS. The molecule has 0 atom stereocenters. The average Bonchev–Trinajstić information content (AvgIpc) is 2.65. The molecule has 1 saturated carbocycles. The van der Waals surface area contributed by atoms with E-state index in [9.17, 15) is 4.79 Å². The molecule has 0 aliphatic heterocycles. The quantitative estimate of drug-likeness (QED) is 0.847. The van der Waals surface area contributed by atoms with Crippen LogP contribution < -0.4 is 5.73 Å². The van der Waals surface area contributed by atoms with Crippen molar-refractivity contribution in [3.8, 4) is 0 Å². The summed E-state index contributed by atoms with van der Waals surface area (Å²) >= 11 is 1.65. The third kappa shape index (κ3) is 2.06. The smallest absolute Gasteiger partial charge is 0.242 e. The molecule has 0 unspecified atom stereocenters. The molecule has 1 aliphatic carbocycles. The number of carbonyl (C=O) groups is 1. The second kappa shape index (κ2) is 3.94. The Bertz CT molecular complexity index is 343. The first-order chi connectivity index (χ1) is 7.12. The molecule has 0 aromatic carbocycles. The molecule has 3 nitrogen and oxygen atoms in total. The van der Waals surface area contributed by atoms with E-state index >= 15 is 0 Å². The van der Waals surface area contributed by atoms with Crippen LogP contribution in [0.15, 0.2) is 16.8 Å². The highest BCUT2D eigenvalue weighted by Crippen LogP contribution is 2.31. The van der Waals surface area contributed by atoms with Crippen molar-refractivity contribution >= 4 is 17.2 Å². The van der Waals surface area contributed by atoms with Crippen LogP contribution in [0, 0.1) is 0 Å². The predicted molar refractivity (Wildman–Crippen MR) is 61.6 cm³/mol. The monoisotopic (exact) mass is 224 g/mol. The molecule has 4 heteroatoms. The topological polar surface area (TPSA) is 46.3 Å². The molecule has 0 spiro atoms. The fourth-order valence-corrected chi connectivity index (χ4v) is 2.54. The highest BCUT2D eigenvalue weighted by Gasteiger charge is 2.41. The second-order valence-electron chi connectivity index (χ2n) is 4.30. The van der Waals surface area contributed by atoms with Crippen molar-refractivity contribution in [3.63, 3.8) is 0 Å². The Hall–Kier alpha value is -0.870. The number of likely N-dealkylation sites (N-methyl/N-ethyl adjacent to an activating group) is 1. The number of nitrogens with zero attached hydrogens (tertiary/aromatic N) is 1. The standard InChI is InChI=1S/C11H16N2OS/c1-13(7-9-3-6-15-8-9)10(14)11(12)4-2-5-11/h3,6,8H,2,4-5,7,12H2,1H3. The van der Waals surface area contributed by atoms with E-state index in [1.807, 2.05) is 18.5 Å². The molecule has 1 heterocycles. The van der Waals surface area contributed by atoms with E-state index in [1.165, 1.54) is 5.56 Å². The number of thiophene rings is 1. The van der Waals surface area contributed by atoms with E-state index in [0.29, 0.717) is 6.54 Å². The van der Waals surface area contributed by atoms with Gasteiger partial charge in [-0.15, -0.1) is 0 Å². The summed E-state index contributed by atoms with van der Waals surface area (Å²) in [6.07, 6.45) is 2.74. The zero-order valence-corrected chi connectivity index (χ0v) is 9.72. The molecule has 1 aromatic heterocycles. The maximum atomic E-state index is 12.0. The molecule has 2 N–H and O–H groups in total. The third-order valence-electron chi connectivity index (χ3n) is 3.02. The lowest BCUT2D eigenvalue weighted by Gasteiger charge is -2.39. The second-order valence-corrected chi connectivity index (χ2v) is 5.08. The van der Waals surface area contributed by atoms with Gasteiger partial charge in [0, 0.05) is 13.6 Å². The summed E-state index contributed by atoms with van der Waals surface area (Å²) in [5, 5.41) is 4.09. The number of hydrogen-bond donors (Lipinski definition) is 1. The molecule has 82 valence electrons. The number of rotatable bonds is 3. The van der Waals surface area contributed by atoms with Gasteiger partial charge < -0.3 is 10.6 Å². The molecule has 1 aromatic rings. The molecule has 0 saturated heterocycles. The first-order valence-electron chi connectivity index (χ1n) is 5.17. The largest absolute Gasteiger partial charge is 0.340 e. The van der Waals surface area contributed by atoms with Gasteiger partial charge in [-0.3, -0.25) is 4.79 Å². The lowest BCUT2D eigenvalue weighted by atomic mass is 9.76. The summed E-state index contributed by atoms with van der Waals surface area (Å²) in [6.45, 7) is 0.668. The molecule has 1 fully saturated rings. The van der Waals surface area contributed by atoms with Crippen LogP contribution in [0.25, 0.3) is 0 Å². The summed E-state index contributed by atoms with van der Waals surface area (Å²) in [5.41, 5.74) is 6.60. The van der Waals surface area contributed by atoms with Crippen molar-refractivity contribution < 1.29 is 4.79 Å². The predicted octanol–water partition coefficient (Wildman–Crippen LogP) is 1.59. The highest BCUT2D eigenvalue weighted by molar-refractivity contribution is 7.07. The van der Waals surface area contributed by atoms with Crippen LogP contribution in [0.1, 0.15) is 24.8 Å². The van der Waals surface area contributed by atoms with Crippen LogP contribution in [-0.2, 0) is 11.3 Å². The SMILES string of the molecule is CN(Cc1ccsc1)C(=O)C1(N)CCC1. The zero-order valence-electron chi connectivity index (χ0n) is 8.90. The Morgan fingerprint density at radius 1 is 1.67 bits per heavy atom. The molecule has 2 rings (SSSR count). The van der Waals surface area contributed by atoms with Crippen molar-refractivity contribution in [2.45, 2.75) is 31.3 Å². The fourth-order valence-electron chi connectivity index (χ4n) is 1.88. The molecule has 1 aliphatic rings. The van der Waals surface area contributed by atoms with Crippen LogP contribution in [0.5, 0.6) is 0 Å². The summed E-state index contributed by atoms with van der Waals surface area (Å²) in [4.78, 5) is 13.7. The van der Waals surface area contributed by atoms with Gasteiger partial charge in [0.25, 0.3) is 0 Å². The molecular weight excluding hydrogens is 208 g/mol. The summed E-state index contributed by atoms with van der Waals surface area (Å²) in [7, 11) is 1.83. The Morgan fingerprint density at radius 3 is 2.87 bits per heavy atom. The van der Waals surface area contributed by atoms with Gasteiger partial charge in [0.05, 0.1) is 5.54 Å². The average molecular weight is 224 g/mol. The van der Waals surface area contributed by atoms with Gasteiger partial charge in [0.2, 0.25) is 5.91 Å². The Kier molecular flexibility index (Phi) is 2.80. The summed E-state index contributed by atoms with van der Waals surface area (Å²) < 4.78 is 0. The van der Waals surface area contributed by atoms with Gasteiger partial charge in [0.15, 0.2) is 0 Å². The number of amides is 1. The Labute approximate surface area is 93.9 Å². The van der Waals surface area contributed by atoms with Gasteiger partial charge in [0.1, 0.15) is 0 Å². The van der Waals surface area contributed by atoms with Crippen molar-refractivity contribution in [2.24, 2.45) is 5.73 Å². The summed E-state index contributed by atoms with van der Waals surface area (Å²) in [5.74, 6) is 0.0833. The van der Waals surface area contributed by atoms with Crippen LogP contribution in [-0.4, -0.2) is 23.4 Å². The maximum absolute atomic E-state index is 12.0. The Balaban J connectivity index is 1.96. The zero-order chi connectivity index (χ0) is 10.9. The van der Waals surface area contributed by atoms with E-state index < -0.39 is 5.54 Å². The molecule has 0 bridgehead atoms. The molecule has 1 amide bonds. The minimum Gasteiger partial charge on any atom is -0.340 e. The van der Waals surface area contributed by atoms with Gasteiger partial charge >= 0.3 is 0 Å².